The molecule has 2 bridgehead atoms. The lowest BCUT2D eigenvalue weighted by Crippen LogP contribution is -2.36. The number of anilines is 1. The van der Waals surface area contributed by atoms with Crippen molar-refractivity contribution in [2.45, 2.75) is 58.5 Å². The largest absolute Gasteiger partial charge is 0.481 e. The maximum atomic E-state index is 13.1. The third kappa shape index (κ3) is 3.72. The number of aryl methyl sites for hydroxylation is 1. The maximum Gasteiger partial charge on any atom is 0.341 e. The molecule has 0 aromatic carbocycles. The Morgan fingerprint density at radius 1 is 1.10 bits per heavy atom. The average Bonchev–Trinajstić information content (AvgIpc) is 3.30. The zero-order valence-electron chi connectivity index (χ0n) is 16.8. The normalized spacial score (nSPS) is 27.6. The van der Waals surface area contributed by atoms with Gasteiger partial charge in [0.2, 0.25) is 5.91 Å². The molecule has 4 rings (SSSR count). The zero-order chi connectivity index (χ0) is 20.7. The molecule has 0 aliphatic heterocycles. The molecule has 0 saturated heterocycles. The van der Waals surface area contributed by atoms with E-state index in [0.717, 1.165) is 42.5 Å². The van der Waals surface area contributed by atoms with Crippen LogP contribution in [-0.4, -0.2) is 29.1 Å². The Bertz CT molecular complexity index is 871. The van der Waals surface area contributed by atoms with Gasteiger partial charge in [-0.25, -0.2) is 4.79 Å². The first-order chi connectivity index (χ1) is 13.9. The van der Waals surface area contributed by atoms with Crippen LogP contribution in [0.2, 0.25) is 0 Å². The van der Waals surface area contributed by atoms with Crippen LogP contribution in [0.5, 0.6) is 0 Å². The van der Waals surface area contributed by atoms with Gasteiger partial charge in [0.05, 0.1) is 23.5 Å². The molecule has 1 fully saturated rings. The lowest BCUT2D eigenvalue weighted by molar-refractivity contribution is -0.146. The number of ether oxygens (including phenoxy) is 1. The van der Waals surface area contributed by atoms with Crippen LogP contribution in [0.3, 0.4) is 0 Å². The van der Waals surface area contributed by atoms with Crippen LogP contribution in [-0.2, 0) is 27.2 Å². The van der Waals surface area contributed by atoms with Crippen LogP contribution in [0, 0.1) is 23.7 Å². The smallest absolute Gasteiger partial charge is 0.341 e. The van der Waals surface area contributed by atoms with Crippen LogP contribution < -0.4 is 5.32 Å². The first-order valence-corrected chi connectivity index (χ1v) is 11.3. The van der Waals surface area contributed by atoms with E-state index < -0.39 is 23.8 Å². The first-order valence-electron chi connectivity index (χ1n) is 10.4. The molecular weight excluding hydrogens is 390 g/mol. The summed E-state index contributed by atoms with van der Waals surface area (Å²) >= 11 is 1.45. The highest BCUT2D eigenvalue weighted by atomic mass is 32.1. The molecule has 0 radical (unpaired) electrons. The van der Waals surface area contributed by atoms with Gasteiger partial charge in [0.25, 0.3) is 0 Å². The van der Waals surface area contributed by atoms with Gasteiger partial charge in [-0.1, -0.05) is 18.6 Å². The Labute approximate surface area is 174 Å². The zero-order valence-corrected chi connectivity index (χ0v) is 17.6. The van der Waals surface area contributed by atoms with Crippen molar-refractivity contribution in [3.05, 3.63) is 28.2 Å². The quantitative estimate of drug-likeness (QED) is 0.428. The van der Waals surface area contributed by atoms with Gasteiger partial charge in [-0.2, -0.15) is 0 Å². The number of amides is 1. The molecule has 1 saturated carbocycles. The van der Waals surface area contributed by atoms with Crippen molar-refractivity contribution in [2.75, 3.05) is 5.32 Å². The number of carboxylic acid groups (broad SMARTS) is 1. The fourth-order valence-electron chi connectivity index (χ4n) is 5.03. The number of aliphatic carboxylic acids is 1. The van der Waals surface area contributed by atoms with E-state index in [9.17, 15) is 19.5 Å². The van der Waals surface area contributed by atoms with E-state index in [-0.39, 0.29) is 23.8 Å². The van der Waals surface area contributed by atoms with E-state index in [4.69, 9.17) is 4.74 Å². The minimum absolute atomic E-state index is 0.0510. The number of esters is 1. The summed E-state index contributed by atoms with van der Waals surface area (Å²) in [7, 11) is 0. The number of carbonyl (C=O) groups is 3. The van der Waals surface area contributed by atoms with Crippen LogP contribution >= 0.6 is 11.3 Å². The molecule has 0 unspecified atom stereocenters. The molecule has 29 heavy (non-hydrogen) atoms. The number of carbonyl (C=O) groups excluding carboxylic acids is 2. The van der Waals surface area contributed by atoms with Crippen LogP contribution in [0.1, 0.15) is 60.3 Å². The lowest BCUT2D eigenvalue weighted by Gasteiger charge is -2.23. The number of allylic oxidation sites excluding steroid dienone is 2. The number of thiophene rings is 1. The molecule has 2 N–H and O–H groups in total. The number of rotatable bonds is 5. The summed E-state index contributed by atoms with van der Waals surface area (Å²) in [5, 5.41) is 13.1. The predicted octanol–water partition coefficient (Wildman–Crippen LogP) is 4.04. The molecule has 1 aromatic heterocycles. The minimum atomic E-state index is -0.927. The average molecular weight is 418 g/mol. The Hall–Kier alpha value is -2.15. The second-order valence-electron chi connectivity index (χ2n) is 8.55. The number of hydrogen-bond acceptors (Lipinski definition) is 5. The SMILES string of the molecule is CC(C)OC(=O)c1c(NC(=O)[C@H]2[C@@H](C(=O)O)[C@H]3C=C[C@@H]2C3)sc2c1CCCCC2. The fraction of sp³-hybridized carbons (Fsp3) is 0.591. The molecule has 1 amide bonds. The Balaban J connectivity index is 1.64. The second kappa shape index (κ2) is 7.94. The van der Waals surface area contributed by atoms with Crippen LogP contribution in [0.25, 0.3) is 0 Å². The van der Waals surface area contributed by atoms with Crippen LogP contribution in [0.15, 0.2) is 12.2 Å². The summed E-state index contributed by atoms with van der Waals surface area (Å²) in [6, 6.07) is 0. The van der Waals surface area contributed by atoms with E-state index in [2.05, 4.69) is 5.32 Å². The second-order valence-corrected chi connectivity index (χ2v) is 9.66. The van der Waals surface area contributed by atoms with Gasteiger partial charge < -0.3 is 15.2 Å². The highest BCUT2D eigenvalue weighted by molar-refractivity contribution is 7.17. The standard InChI is InChI=1S/C22H27NO5S/c1-11(2)28-22(27)18-14-6-4-3-5-7-15(14)29-20(18)23-19(24)16-12-8-9-13(10-12)17(16)21(25)26/h8-9,11-13,16-17H,3-7,10H2,1-2H3,(H,23,24)(H,25,26)/t12-,13+,16-,17+/m1/s1. The lowest BCUT2D eigenvalue weighted by atomic mass is 9.82. The maximum absolute atomic E-state index is 13.1. The third-order valence-corrected chi connectivity index (χ3v) is 7.46. The molecule has 0 spiro atoms. The molecule has 1 aromatic rings. The topological polar surface area (TPSA) is 92.7 Å². The summed E-state index contributed by atoms with van der Waals surface area (Å²) in [5.41, 5.74) is 1.47. The molecule has 156 valence electrons. The van der Waals surface area contributed by atoms with Gasteiger partial charge >= 0.3 is 11.9 Å². The third-order valence-electron chi connectivity index (χ3n) is 6.25. The van der Waals surface area contributed by atoms with Crippen molar-refractivity contribution in [3.63, 3.8) is 0 Å². The molecule has 3 aliphatic carbocycles. The van der Waals surface area contributed by atoms with E-state index >= 15 is 0 Å². The van der Waals surface area contributed by atoms with E-state index in [0.29, 0.717) is 17.0 Å². The summed E-state index contributed by atoms with van der Waals surface area (Å²) in [6.45, 7) is 3.61. The fourth-order valence-corrected chi connectivity index (χ4v) is 6.31. The molecular formula is C22H27NO5S. The van der Waals surface area contributed by atoms with Crippen molar-refractivity contribution in [3.8, 4) is 0 Å². The summed E-state index contributed by atoms with van der Waals surface area (Å²) in [5.74, 6) is -3.07. The van der Waals surface area contributed by atoms with E-state index in [1.54, 1.807) is 13.8 Å². The van der Waals surface area contributed by atoms with Crippen molar-refractivity contribution in [1.82, 2.24) is 0 Å². The molecule has 6 nitrogen and oxygen atoms in total. The van der Waals surface area contributed by atoms with E-state index in [1.165, 1.54) is 11.3 Å². The highest BCUT2D eigenvalue weighted by Gasteiger charge is 2.51. The monoisotopic (exact) mass is 417 g/mol. The molecule has 4 atom stereocenters. The molecule has 3 aliphatic rings. The molecule has 1 heterocycles. The van der Waals surface area contributed by atoms with Gasteiger partial charge in [-0.15, -0.1) is 11.3 Å². The van der Waals surface area contributed by atoms with Gasteiger partial charge in [-0.3, -0.25) is 9.59 Å². The number of nitrogens with one attached hydrogen (secondary N) is 1. The summed E-state index contributed by atoms with van der Waals surface area (Å²) in [6.07, 6.45) is 9.25. The van der Waals surface area contributed by atoms with Crippen molar-refractivity contribution >= 4 is 34.2 Å². The van der Waals surface area contributed by atoms with Gasteiger partial charge in [0.15, 0.2) is 0 Å². The van der Waals surface area contributed by atoms with Crippen LogP contribution in [0.4, 0.5) is 5.00 Å². The number of carboxylic acids is 1. The summed E-state index contributed by atoms with van der Waals surface area (Å²) in [4.78, 5) is 38.9. The van der Waals surface area contributed by atoms with Crippen molar-refractivity contribution < 1.29 is 24.2 Å². The first kappa shape index (κ1) is 20.1. The number of fused-ring (bicyclic) bond motifs is 3. The van der Waals surface area contributed by atoms with Crippen molar-refractivity contribution in [2.24, 2.45) is 23.7 Å². The van der Waals surface area contributed by atoms with Gasteiger partial charge in [0, 0.05) is 4.88 Å². The Morgan fingerprint density at radius 2 is 1.79 bits per heavy atom. The summed E-state index contributed by atoms with van der Waals surface area (Å²) < 4.78 is 5.47. The Kier molecular flexibility index (Phi) is 5.51. The predicted molar refractivity (Wildman–Crippen MR) is 110 cm³/mol. The molecule has 7 heteroatoms. The Morgan fingerprint density at radius 3 is 2.48 bits per heavy atom. The minimum Gasteiger partial charge on any atom is -0.481 e. The highest BCUT2D eigenvalue weighted by Crippen LogP contribution is 2.49. The van der Waals surface area contributed by atoms with Gasteiger partial charge in [-0.05, 0) is 63.4 Å². The van der Waals surface area contributed by atoms with Gasteiger partial charge in [0.1, 0.15) is 5.00 Å². The van der Waals surface area contributed by atoms with Crippen molar-refractivity contribution in [1.29, 1.82) is 0 Å². The van der Waals surface area contributed by atoms with E-state index in [1.807, 2.05) is 12.2 Å². The number of hydrogen-bond donors (Lipinski definition) is 2.